The maximum Gasteiger partial charge on any atom is 0.264 e. The summed E-state index contributed by atoms with van der Waals surface area (Å²) in [5.41, 5.74) is 21.9. The van der Waals surface area contributed by atoms with Crippen molar-refractivity contribution >= 4 is 150 Å². The van der Waals surface area contributed by atoms with Crippen LogP contribution in [-0.2, 0) is 27.7 Å². The van der Waals surface area contributed by atoms with Crippen LogP contribution in [0.3, 0.4) is 0 Å². The maximum atomic E-state index is 14.2. The Morgan fingerprint density at radius 2 is 0.773 bits per heavy atom. The SMILES string of the molecule is C[C@H](Nc1nc(Cl)nc2cccnc12)c1cc2cccc(-c3cnn(C)c3)c2c(=O)n1-c1ccccc1.C[C@H](Nc1nc(N)nc2cccnc12)c1cc2cccc(-c3cnn(C)c3)c2c(=O)n1-c1ccccc1.C[C@H](Nc1ncnc2cccnc12)c1cc2cccc(Cl)c2c(=O)n1CCN1CCCC1.C[C@H](Nc1ncnc2cccnc12)c1cc2scc(-c3cnn(C)c3)c2c(=O)n1-c1ccccc1. The predicted molar refractivity (Wildman–Crippen MR) is 559 cm³/mol. The molecule has 0 unspecified atom stereocenters. The second kappa shape index (κ2) is 40.0. The van der Waals surface area contributed by atoms with Gasteiger partial charge < -0.3 is 36.5 Å². The minimum atomic E-state index is -0.324. The smallest absolute Gasteiger partial charge is 0.264 e. The number of aryl methyl sites for hydroxylation is 3. The van der Waals surface area contributed by atoms with Crippen LogP contribution in [0.2, 0.25) is 10.3 Å². The highest BCUT2D eigenvalue weighted by molar-refractivity contribution is 7.17. The van der Waals surface area contributed by atoms with Gasteiger partial charge in [0.2, 0.25) is 11.2 Å². The van der Waals surface area contributed by atoms with Crippen LogP contribution in [0.25, 0.3) is 137 Å². The number of benzene rings is 6. The van der Waals surface area contributed by atoms with Crippen molar-refractivity contribution in [1.29, 1.82) is 0 Å². The van der Waals surface area contributed by atoms with Crippen molar-refractivity contribution < 1.29 is 0 Å². The molecule has 0 bridgehead atoms. The van der Waals surface area contributed by atoms with E-state index in [0.717, 1.165) is 125 Å². The lowest BCUT2D eigenvalue weighted by molar-refractivity contribution is 0.318. The highest BCUT2D eigenvalue weighted by Crippen LogP contribution is 2.39. The number of para-hydroxylation sites is 3. The van der Waals surface area contributed by atoms with E-state index in [1.807, 2.05) is 265 Å². The molecule has 1 aliphatic rings. The molecule has 0 aliphatic carbocycles. The van der Waals surface area contributed by atoms with E-state index in [1.165, 1.54) is 25.5 Å². The molecular weight excluding hydrogens is 1830 g/mol. The molecular formula is C106H92Cl2N28O4S. The number of halogens is 2. The van der Waals surface area contributed by atoms with E-state index in [9.17, 15) is 19.2 Å². The Labute approximate surface area is 819 Å². The molecule has 16 aromatic heterocycles. The van der Waals surface area contributed by atoms with Crippen LogP contribution in [0.4, 0.5) is 29.2 Å². The number of thiophene rings is 1. The molecule has 0 amide bonds. The lowest BCUT2D eigenvalue weighted by Crippen LogP contribution is -2.32. The molecule has 1 fully saturated rings. The number of nitrogens with zero attached hydrogens (tertiary/aromatic N) is 23. The summed E-state index contributed by atoms with van der Waals surface area (Å²) in [6.07, 6.45) is 23.4. The summed E-state index contributed by atoms with van der Waals surface area (Å²) in [5, 5.41) is 34.4. The van der Waals surface area contributed by atoms with Gasteiger partial charge in [-0.05, 0) is 208 Å². The first-order valence-electron chi connectivity index (χ1n) is 45.8. The van der Waals surface area contributed by atoms with Crippen LogP contribution in [-0.4, -0.2) is 132 Å². The van der Waals surface area contributed by atoms with Crippen LogP contribution in [0.15, 0.2) is 318 Å². The first-order valence-corrected chi connectivity index (χ1v) is 47.4. The number of fused-ring (bicyclic) bond motifs is 8. The number of pyridine rings is 8. The van der Waals surface area contributed by atoms with E-state index in [0.29, 0.717) is 89.5 Å². The van der Waals surface area contributed by atoms with E-state index < -0.39 is 0 Å². The maximum absolute atomic E-state index is 14.2. The Hall–Kier alpha value is -17.0. The topological polar surface area (TPSA) is 374 Å². The molecule has 22 aromatic rings. The zero-order chi connectivity index (χ0) is 97.1. The number of hydrogen-bond acceptors (Lipinski definition) is 26. The predicted octanol–water partition coefficient (Wildman–Crippen LogP) is 19.3. The van der Waals surface area contributed by atoms with Crippen LogP contribution >= 0.6 is 34.5 Å². The van der Waals surface area contributed by atoms with Gasteiger partial charge in [-0.1, -0.05) is 115 Å². The lowest BCUT2D eigenvalue weighted by Gasteiger charge is -2.23. The van der Waals surface area contributed by atoms with Crippen molar-refractivity contribution in [2.45, 2.75) is 71.2 Å². The van der Waals surface area contributed by atoms with Crippen molar-refractivity contribution in [3.8, 4) is 50.4 Å². The molecule has 141 heavy (non-hydrogen) atoms. The third-order valence-electron chi connectivity index (χ3n) is 24.8. The van der Waals surface area contributed by atoms with Gasteiger partial charge in [0.15, 0.2) is 23.3 Å². The summed E-state index contributed by atoms with van der Waals surface area (Å²) in [4.78, 5) is 111. The Kier molecular flexibility index (Phi) is 26.0. The van der Waals surface area contributed by atoms with Crippen LogP contribution in [0.1, 0.15) is 87.5 Å². The molecule has 4 atom stereocenters. The van der Waals surface area contributed by atoms with E-state index in [2.05, 4.69) is 113 Å². The van der Waals surface area contributed by atoms with Crippen LogP contribution < -0.4 is 49.2 Å². The van der Waals surface area contributed by atoms with Gasteiger partial charge in [-0.2, -0.15) is 25.3 Å². The molecule has 6 aromatic carbocycles. The molecule has 0 radical (unpaired) electrons. The van der Waals surface area contributed by atoms with E-state index in [1.54, 1.807) is 101 Å². The molecule has 1 aliphatic heterocycles. The number of rotatable bonds is 21. The fourth-order valence-corrected chi connectivity index (χ4v) is 19.6. The number of anilines is 5. The monoisotopic (exact) mass is 1920 g/mol. The van der Waals surface area contributed by atoms with Gasteiger partial charge in [0.25, 0.3) is 22.2 Å². The minimum absolute atomic E-state index is 0.0541. The van der Waals surface area contributed by atoms with E-state index in [4.69, 9.17) is 28.9 Å². The number of hydrogen-bond donors (Lipinski definition) is 5. The summed E-state index contributed by atoms with van der Waals surface area (Å²) in [6, 6.07) is 68.2. The second-order valence-electron chi connectivity index (χ2n) is 34.2. The fraction of sp³-hybridized carbons (Fsp3) is 0.160. The second-order valence-corrected chi connectivity index (χ2v) is 35.9. The van der Waals surface area contributed by atoms with Crippen molar-refractivity contribution in [3.05, 3.63) is 373 Å². The Balaban J connectivity index is 0.000000115. The number of likely N-dealkylation sites (tertiary alicyclic amines) is 1. The molecule has 0 spiro atoms. The molecule has 23 rings (SSSR count). The normalized spacial score (nSPS) is 12.9. The third kappa shape index (κ3) is 18.9. The van der Waals surface area contributed by atoms with Crippen molar-refractivity contribution in [3.63, 3.8) is 0 Å². The minimum Gasteiger partial charge on any atom is -0.368 e. The standard InChI is InChI=1S/C28H22ClN7O.C28H24N8O.C26H21N7OS.C24H25ClN6O/c2*1-17(32-26-25-22(12-7-13-30-25)33-28(29)34-26)23-14-18-8-6-11-21(19-15-31-35(2)16-19)24(18)27(37)36(23)20-9-4-3-5-10-20;1-16(31-25-24-20(28-15-29-25)9-6-10-27-24)21-11-22-23(19(14-35-22)17-12-30-32(2)13-17)26(34)33(21)18-7-4-3-5-8-18;1-16(29-23-22-19(27-15-28-23)8-5-9-26-22)20-14-17-6-4-7-18(25)21(17)24(32)31(20)13-12-30-10-2-3-11-30/h3-17H,1-2H3,(H,32,33,34);3-17H,1-2H3,(H3,29,32,33,34);3-16H,1-2H3,(H,28,29,31);4-9,14-16H,2-3,10-13H2,1H3,(H,27,28,29)/t2*17-;2*16-/m0000/s1. The summed E-state index contributed by atoms with van der Waals surface area (Å²) < 4.78 is 13.3. The van der Waals surface area contributed by atoms with Crippen molar-refractivity contribution in [1.82, 2.24) is 112 Å². The van der Waals surface area contributed by atoms with Gasteiger partial charge in [0.05, 0.1) is 91.4 Å². The molecule has 35 heteroatoms. The van der Waals surface area contributed by atoms with Crippen LogP contribution in [0.5, 0.6) is 0 Å². The first-order chi connectivity index (χ1) is 68.7. The average Bonchev–Trinajstić information content (AvgIpc) is 1.70. The van der Waals surface area contributed by atoms with Crippen molar-refractivity contribution in [2.75, 3.05) is 46.6 Å². The van der Waals surface area contributed by atoms with Crippen molar-refractivity contribution in [2.24, 2.45) is 21.1 Å². The molecule has 6 N–H and O–H groups in total. The highest BCUT2D eigenvalue weighted by Gasteiger charge is 2.28. The van der Waals surface area contributed by atoms with Gasteiger partial charge in [-0.15, -0.1) is 11.3 Å². The molecule has 32 nitrogen and oxygen atoms in total. The number of nitrogens with one attached hydrogen (secondary N) is 4. The number of nitrogens with two attached hydrogens (primary N) is 1. The third-order valence-corrected chi connectivity index (χ3v) is 26.3. The Bertz CT molecular complexity index is 8450. The molecule has 1 saturated heterocycles. The first kappa shape index (κ1) is 91.7. The summed E-state index contributed by atoms with van der Waals surface area (Å²) >= 11 is 14.2. The number of nitrogen functional groups attached to an aromatic ring is 1. The van der Waals surface area contributed by atoms with Gasteiger partial charge >= 0.3 is 0 Å². The largest absolute Gasteiger partial charge is 0.368 e. The average molecular weight is 1930 g/mol. The zero-order valence-electron chi connectivity index (χ0n) is 77.5. The summed E-state index contributed by atoms with van der Waals surface area (Å²) in [6.45, 7) is 11.7. The summed E-state index contributed by atoms with van der Waals surface area (Å²) in [7, 11) is 5.60. The Morgan fingerprint density at radius 3 is 1.24 bits per heavy atom. The highest BCUT2D eigenvalue weighted by atomic mass is 35.5. The van der Waals surface area contributed by atoms with Gasteiger partial charge in [-0.3, -0.25) is 66.9 Å². The van der Waals surface area contributed by atoms with Gasteiger partial charge in [-0.25, -0.2) is 29.9 Å². The quantitative estimate of drug-likeness (QED) is 0.0417. The van der Waals surface area contributed by atoms with E-state index >= 15 is 0 Å². The Morgan fingerprint density at radius 1 is 0.376 bits per heavy atom. The summed E-state index contributed by atoms with van der Waals surface area (Å²) in [5.74, 6) is 2.42. The molecule has 700 valence electrons. The molecule has 0 saturated carbocycles. The van der Waals surface area contributed by atoms with E-state index in [-0.39, 0.29) is 57.6 Å². The van der Waals surface area contributed by atoms with Gasteiger partial charge in [0.1, 0.15) is 34.7 Å². The zero-order valence-corrected chi connectivity index (χ0v) is 79.8. The lowest BCUT2D eigenvalue weighted by atomic mass is 9.99. The van der Waals surface area contributed by atoms with Crippen LogP contribution in [0, 0.1) is 0 Å². The number of aromatic nitrogens is 22. The van der Waals surface area contributed by atoms with Gasteiger partial charge in [0, 0.05) is 150 Å². The molecule has 17 heterocycles. The fourth-order valence-electron chi connectivity index (χ4n) is 18.2.